The lowest BCUT2D eigenvalue weighted by atomic mass is 10.4. The summed E-state index contributed by atoms with van der Waals surface area (Å²) in [5.74, 6) is 0. The molecule has 2 unspecified atom stereocenters. The van der Waals surface area contributed by atoms with E-state index in [-0.39, 0.29) is 0 Å². The Morgan fingerprint density at radius 1 is 1.29 bits per heavy atom. The first-order chi connectivity index (χ1) is 6.43. The summed E-state index contributed by atoms with van der Waals surface area (Å²) in [7, 11) is -5.11. The van der Waals surface area contributed by atoms with Crippen LogP contribution in [0, 0.1) is 0 Å². The van der Waals surface area contributed by atoms with Gasteiger partial charge in [0, 0.05) is 0 Å². The van der Waals surface area contributed by atoms with Crippen molar-refractivity contribution in [1.82, 2.24) is 0 Å². The van der Waals surface area contributed by atoms with Gasteiger partial charge in [-0.2, -0.15) is 8.42 Å². The molecule has 0 spiro atoms. The van der Waals surface area contributed by atoms with Crippen LogP contribution in [0.15, 0.2) is 0 Å². The molecule has 0 heterocycles. The largest absolute Gasteiger partial charge is 0.286 e. The minimum Gasteiger partial charge on any atom is -0.286 e. The quantitative estimate of drug-likeness (QED) is 0.546. The molecule has 0 aliphatic rings. The molecule has 0 fully saturated rings. The Morgan fingerprint density at radius 2 is 1.86 bits per heavy atom. The van der Waals surface area contributed by atoms with Gasteiger partial charge in [-0.1, -0.05) is 45.7 Å². The fourth-order valence-electron chi connectivity index (χ4n) is 1.72. The standard InChI is InChI=1S/C9H22O3SSi/c1-4-6-8-14(3)9(7-5-2)13(10,11)12/h9,14H,4-8H2,1-3H3,(H,10,11,12). The summed E-state index contributed by atoms with van der Waals surface area (Å²) in [6, 6.07) is 1.01. The summed E-state index contributed by atoms with van der Waals surface area (Å²) in [5, 5.41) is 0. The molecule has 0 aromatic carbocycles. The normalized spacial score (nSPS) is 16.6. The predicted molar refractivity (Wildman–Crippen MR) is 63.0 cm³/mol. The third-order valence-electron chi connectivity index (χ3n) is 2.60. The van der Waals surface area contributed by atoms with Crippen LogP contribution in [0.5, 0.6) is 0 Å². The Bertz CT molecular complexity index is 238. The van der Waals surface area contributed by atoms with Crippen LogP contribution >= 0.6 is 0 Å². The lowest BCUT2D eigenvalue weighted by molar-refractivity contribution is 0.474. The molecule has 86 valence electrons. The summed E-state index contributed by atoms with van der Waals surface area (Å²) in [4.78, 5) is -0.431. The SMILES string of the molecule is CCCC[SiH](C)C(CCC)S(=O)(=O)O. The first kappa shape index (κ1) is 14.1. The van der Waals surface area contributed by atoms with Crippen LogP contribution in [-0.2, 0) is 10.1 Å². The number of unbranched alkanes of at least 4 members (excludes halogenated alkanes) is 1. The van der Waals surface area contributed by atoms with Gasteiger partial charge in [0.25, 0.3) is 10.1 Å². The second kappa shape index (κ2) is 6.58. The first-order valence-electron chi connectivity index (χ1n) is 5.39. The molecule has 0 amide bonds. The summed E-state index contributed by atoms with van der Waals surface area (Å²) >= 11 is 0. The average Bonchev–Trinajstić information content (AvgIpc) is 2.08. The van der Waals surface area contributed by atoms with Crippen LogP contribution in [-0.4, -0.2) is 26.6 Å². The summed E-state index contributed by atoms with van der Waals surface area (Å²) in [6.07, 6.45) is 3.63. The summed E-state index contributed by atoms with van der Waals surface area (Å²) in [6.45, 7) is 6.10. The molecule has 0 bridgehead atoms. The Balaban J connectivity index is 4.34. The molecule has 0 aromatic rings. The highest BCUT2D eigenvalue weighted by Gasteiger charge is 2.28. The molecule has 5 heteroatoms. The van der Waals surface area contributed by atoms with Crippen molar-refractivity contribution in [2.45, 2.75) is 57.0 Å². The number of rotatable bonds is 7. The second-order valence-electron chi connectivity index (χ2n) is 3.96. The maximum absolute atomic E-state index is 11.1. The van der Waals surface area contributed by atoms with Crippen LogP contribution in [0.3, 0.4) is 0 Å². The lowest BCUT2D eigenvalue weighted by Gasteiger charge is -2.19. The van der Waals surface area contributed by atoms with E-state index in [1.54, 1.807) is 0 Å². The van der Waals surface area contributed by atoms with Crippen LogP contribution in [0.2, 0.25) is 12.6 Å². The van der Waals surface area contributed by atoms with Crippen LogP contribution < -0.4 is 0 Å². The molecular formula is C9H22O3SSi. The highest BCUT2D eigenvalue weighted by molar-refractivity contribution is 7.88. The van der Waals surface area contributed by atoms with E-state index in [1.807, 2.05) is 13.5 Å². The molecule has 0 saturated carbocycles. The molecule has 14 heavy (non-hydrogen) atoms. The predicted octanol–water partition coefficient (Wildman–Crippen LogP) is 2.24. The molecule has 0 rings (SSSR count). The Hall–Kier alpha value is 0.127. The van der Waals surface area contributed by atoms with E-state index in [4.69, 9.17) is 4.55 Å². The van der Waals surface area contributed by atoms with Crippen molar-refractivity contribution < 1.29 is 13.0 Å². The van der Waals surface area contributed by atoms with Crippen LogP contribution in [0.1, 0.15) is 39.5 Å². The van der Waals surface area contributed by atoms with Crippen molar-refractivity contribution in [1.29, 1.82) is 0 Å². The number of hydrogen-bond donors (Lipinski definition) is 1. The molecule has 0 aliphatic heterocycles. The summed E-state index contributed by atoms with van der Waals surface area (Å²) in [5.41, 5.74) is 0. The lowest BCUT2D eigenvalue weighted by Crippen LogP contribution is -2.35. The van der Waals surface area contributed by atoms with Crippen molar-refractivity contribution in [3.63, 3.8) is 0 Å². The van der Waals surface area contributed by atoms with Crippen molar-refractivity contribution in [2.75, 3.05) is 0 Å². The highest BCUT2D eigenvalue weighted by atomic mass is 32.2. The summed E-state index contributed by atoms with van der Waals surface area (Å²) < 4.78 is 31.3. The topological polar surface area (TPSA) is 54.4 Å². The molecule has 1 N–H and O–H groups in total. The van der Waals surface area contributed by atoms with Gasteiger partial charge in [0.1, 0.15) is 0 Å². The average molecular weight is 238 g/mol. The van der Waals surface area contributed by atoms with Gasteiger partial charge >= 0.3 is 0 Å². The monoisotopic (exact) mass is 238 g/mol. The minimum atomic E-state index is -3.79. The molecule has 0 aromatic heterocycles. The van der Waals surface area contributed by atoms with Gasteiger partial charge in [0.05, 0.1) is 13.7 Å². The van der Waals surface area contributed by atoms with E-state index in [1.165, 1.54) is 0 Å². The van der Waals surface area contributed by atoms with Gasteiger partial charge in [-0.25, -0.2) is 0 Å². The van der Waals surface area contributed by atoms with Crippen molar-refractivity contribution in [3.8, 4) is 0 Å². The van der Waals surface area contributed by atoms with E-state index in [2.05, 4.69) is 6.92 Å². The van der Waals surface area contributed by atoms with Gasteiger partial charge in [-0.05, 0) is 6.42 Å². The third kappa shape index (κ3) is 5.12. The zero-order valence-electron chi connectivity index (χ0n) is 9.36. The highest BCUT2D eigenvalue weighted by Crippen LogP contribution is 2.16. The van der Waals surface area contributed by atoms with Crippen molar-refractivity contribution >= 4 is 18.9 Å². The number of hydrogen-bond acceptors (Lipinski definition) is 2. The Kier molecular flexibility index (Phi) is 6.64. The molecule has 0 saturated heterocycles. The van der Waals surface area contributed by atoms with Crippen molar-refractivity contribution in [2.24, 2.45) is 0 Å². The van der Waals surface area contributed by atoms with Gasteiger partial charge in [-0.3, -0.25) is 4.55 Å². The molecule has 0 aliphatic carbocycles. The molecule has 2 atom stereocenters. The third-order valence-corrected chi connectivity index (χ3v) is 8.95. The Labute approximate surface area is 89.3 Å². The maximum atomic E-state index is 11.1. The van der Waals surface area contributed by atoms with Gasteiger partial charge in [0.15, 0.2) is 0 Å². The van der Waals surface area contributed by atoms with E-state index >= 15 is 0 Å². The zero-order chi connectivity index (χ0) is 11.2. The van der Waals surface area contributed by atoms with Gasteiger partial charge < -0.3 is 0 Å². The minimum absolute atomic E-state index is 0.431. The fourth-order valence-corrected chi connectivity index (χ4v) is 7.34. The van der Waals surface area contributed by atoms with Crippen LogP contribution in [0.4, 0.5) is 0 Å². The Morgan fingerprint density at radius 3 is 2.21 bits per heavy atom. The molecular weight excluding hydrogens is 216 g/mol. The zero-order valence-corrected chi connectivity index (χ0v) is 11.3. The van der Waals surface area contributed by atoms with Crippen molar-refractivity contribution in [3.05, 3.63) is 0 Å². The smallest absolute Gasteiger partial charge is 0.264 e. The van der Waals surface area contributed by atoms with E-state index < -0.39 is 23.8 Å². The first-order valence-corrected chi connectivity index (χ1v) is 9.53. The van der Waals surface area contributed by atoms with E-state index in [9.17, 15) is 8.42 Å². The van der Waals surface area contributed by atoms with E-state index in [0.717, 1.165) is 25.3 Å². The second-order valence-corrected chi connectivity index (χ2v) is 9.42. The maximum Gasteiger partial charge on any atom is 0.264 e. The fraction of sp³-hybridized carbons (Fsp3) is 1.00. The van der Waals surface area contributed by atoms with Gasteiger partial charge in [-0.15, -0.1) is 0 Å². The van der Waals surface area contributed by atoms with E-state index in [0.29, 0.717) is 6.42 Å². The van der Waals surface area contributed by atoms with Crippen LogP contribution in [0.25, 0.3) is 0 Å². The molecule has 0 radical (unpaired) electrons. The van der Waals surface area contributed by atoms with Gasteiger partial charge in [0.2, 0.25) is 0 Å². The molecule has 3 nitrogen and oxygen atoms in total.